The van der Waals surface area contributed by atoms with Crippen LogP contribution < -0.4 is 10.1 Å². The summed E-state index contributed by atoms with van der Waals surface area (Å²) >= 11 is 0. The van der Waals surface area contributed by atoms with Gasteiger partial charge in [0.05, 0.1) is 0 Å². The number of methoxy groups -OCH3 is 1. The third-order valence-corrected chi connectivity index (χ3v) is 3.07. The molecule has 1 heterocycles. The van der Waals surface area contributed by atoms with Crippen molar-refractivity contribution in [2.45, 2.75) is 13.3 Å². The van der Waals surface area contributed by atoms with Crippen LogP contribution in [0.5, 0.6) is 5.75 Å². The molecule has 96 valence electrons. The van der Waals surface area contributed by atoms with Crippen LogP contribution in [0.1, 0.15) is 18.9 Å². The molecule has 0 bridgehead atoms. The van der Waals surface area contributed by atoms with Gasteiger partial charge < -0.3 is 14.8 Å². The Labute approximate surface area is 108 Å². The Morgan fingerprint density at radius 3 is 2.67 bits per heavy atom. The lowest BCUT2D eigenvalue weighted by Gasteiger charge is -2.23. The van der Waals surface area contributed by atoms with Gasteiger partial charge in [-0.25, -0.2) is 0 Å². The summed E-state index contributed by atoms with van der Waals surface area (Å²) < 4.78 is 10.2. The molecule has 3 heteroatoms. The van der Waals surface area contributed by atoms with Crippen LogP contribution >= 0.6 is 0 Å². The Hall–Kier alpha value is -1.74. The molecule has 1 unspecified atom stereocenters. The van der Waals surface area contributed by atoms with Gasteiger partial charge in [-0.05, 0) is 42.2 Å². The molecule has 3 nitrogen and oxygen atoms in total. The van der Waals surface area contributed by atoms with E-state index in [4.69, 9.17) is 9.47 Å². The fraction of sp³-hybridized carbons (Fsp3) is 0.333. The molecule has 0 saturated heterocycles. The Balaban J connectivity index is 2.08. The first kappa shape index (κ1) is 12.7. The summed E-state index contributed by atoms with van der Waals surface area (Å²) in [4.78, 5) is 0. The lowest BCUT2D eigenvalue weighted by atomic mass is 9.97. The maximum atomic E-state index is 5.36. The molecule has 18 heavy (non-hydrogen) atoms. The second-order valence-corrected chi connectivity index (χ2v) is 4.48. The first-order chi connectivity index (χ1) is 8.70. The minimum atomic E-state index is 0.272. The van der Waals surface area contributed by atoms with Gasteiger partial charge in [-0.1, -0.05) is 19.6 Å². The molecular formula is C15H19NO2. The third-order valence-electron chi connectivity index (χ3n) is 3.07. The van der Waals surface area contributed by atoms with Crippen molar-refractivity contribution in [3.05, 3.63) is 48.2 Å². The molecule has 1 N–H and O–H groups in total. The van der Waals surface area contributed by atoms with Crippen molar-refractivity contribution in [1.82, 2.24) is 5.32 Å². The molecule has 0 fully saturated rings. The molecule has 1 atom stereocenters. The van der Waals surface area contributed by atoms with E-state index < -0.39 is 0 Å². The molecule has 0 saturated carbocycles. The fourth-order valence-corrected chi connectivity index (χ4v) is 1.83. The lowest BCUT2D eigenvalue weighted by Crippen LogP contribution is -2.20. The summed E-state index contributed by atoms with van der Waals surface area (Å²) in [6.07, 6.45) is 3.24. The second-order valence-electron chi connectivity index (χ2n) is 4.48. The van der Waals surface area contributed by atoms with Crippen LogP contribution in [0.2, 0.25) is 0 Å². The number of ether oxygens (including phenoxy) is 2. The summed E-state index contributed by atoms with van der Waals surface area (Å²) in [6.45, 7) is 6.48. The maximum absolute atomic E-state index is 5.36. The zero-order chi connectivity index (χ0) is 13.0. The van der Waals surface area contributed by atoms with Gasteiger partial charge in [0, 0.05) is 18.5 Å². The highest BCUT2D eigenvalue weighted by Gasteiger charge is 2.14. The van der Waals surface area contributed by atoms with E-state index in [0.29, 0.717) is 5.92 Å². The number of nitrogens with one attached hydrogen (secondary N) is 1. The van der Waals surface area contributed by atoms with Crippen molar-refractivity contribution in [2.24, 2.45) is 5.92 Å². The van der Waals surface area contributed by atoms with E-state index >= 15 is 0 Å². The van der Waals surface area contributed by atoms with Gasteiger partial charge in [-0.3, -0.25) is 0 Å². The zero-order valence-electron chi connectivity index (χ0n) is 10.9. The van der Waals surface area contributed by atoms with E-state index in [-0.39, 0.29) is 6.79 Å². The largest absolute Gasteiger partial charge is 0.468 e. The van der Waals surface area contributed by atoms with E-state index in [1.165, 1.54) is 0 Å². The minimum absolute atomic E-state index is 0.272. The molecule has 0 amide bonds. The monoisotopic (exact) mass is 245 g/mol. The molecule has 0 radical (unpaired) electrons. The van der Waals surface area contributed by atoms with Crippen LogP contribution in [0.25, 0.3) is 5.70 Å². The lowest BCUT2D eigenvalue weighted by molar-refractivity contribution is 0.0511. The Morgan fingerprint density at radius 1 is 1.33 bits per heavy atom. The zero-order valence-corrected chi connectivity index (χ0v) is 10.9. The van der Waals surface area contributed by atoms with Gasteiger partial charge in [-0.15, -0.1) is 0 Å². The smallest absolute Gasteiger partial charge is 0.188 e. The van der Waals surface area contributed by atoms with Gasteiger partial charge in [-0.2, -0.15) is 0 Å². The van der Waals surface area contributed by atoms with Crippen molar-refractivity contribution in [1.29, 1.82) is 0 Å². The summed E-state index contributed by atoms with van der Waals surface area (Å²) in [7, 11) is 1.61. The van der Waals surface area contributed by atoms with E-state index in [1.807, 2.05) is 24.3 Å². The van der Waals surface area contributed by atoms with Crippen molar-refractivity contribution >= 4 is 5.70 Å². The van der Waals surface area contributed by atoms with Crippen LogP contribution in [-0.2, 0) is 4.74 Å². The van der Waals surface area contributed by atoms with Crippen LogP contribution in [0, 0.1) is 5.92 Å². The molecule has 0 spiro atoms. The van der Waals surface area contributed by atoms with Crippen molar-refractivity contribution < 1.29 is 9.47 Å². The average Bonchev–Trinajstić information content (AvgIpc) is 2.40. The van der Waals surface area contributed by atoms with Crippen molar-refractivity contribution in [3.8, 4) is 5.75 Å². The second kappa shape index (κ2) is 5.74. The normalized spacial score (nSPS) is 19.1. The predicted molar refractivity (Wildman–Crippen MR) is 73.0 cm³/mol. The number of rotatable bonds is 4. The highest BCUT2D eigenvalue weighted by Crippen LogP contribution is 2.25. The van der Waals surface area contributed by atoms with E-state index in [9.17, 15) is 0 Å². The van der Waals surface area contributed by atoms with Crippen molar-refractivity contribution in [2.75, 3.05) is 13.9 Å². The van der Waals surface area contributed by atoms with Gasteiger partial charge >= 0.3 is 0 Å². The third kappa shape index (κ3) is 2.93. The SMILES string of the molecule is C=C1NC(c2ccc(OCOC)cc2)=CCC1C. The molecule has 1 aromatic carbocycles. The van der Waals surface area contributed by atoms with Crippen LogP contribution in [0.3, 0.4) is 0 Å². The van der Waals surface area contributed by atoms with Crippen molar-refractivity contribution in [3.63, 3.8) is 0 Å². The first-order valence-electron chi connectivity index (χ1n) is 6.09. The molecule has 1 aromatic rings. The highest BCUT2D eigenvalue weighted by molar-refractivity contribution is 5.67. The molecule has 1 aliphatic heterocycles. The maximum Gasteiger partial charge on any atom is 0.188 e. The number of benzene rings is 1. The Morgan fingerprint density at radius 2 is 2.06 bits per heavy atom. The molecular weight excluding hydrogens is 226 g/mol. The Kier molecular flexibility index (Phi) is 4.05. The standard InChI is InChI=1S/C15H19NO2/c1-11-4-9-15(16-12(11)2)13-5-7-14(8-6-13)18-10-17-3/h5-9,11,16H,2,4,10H2,1,3H3. The summed E-state index contributed by atoms with van der Waals surface area (Å²) in [5.74, 6) is 1.31. The molecule has 1 aliphatic rings. The number of hydrogen-bond acceptors (Lipinski definition) is 3. The fourth-order valence-electron chi connectivity index (χ4n) is 1.83. The summed E-state index contributed by atoms with van der Waals surface area (Å²) in [5.41, 5.74) is 3.34. The quantitative estimate of drug-likeness (QED) is 0.827. The summed E-state index contributed by atoms with van der Waals surface area (Å²) in [6, 6.07) is 7.95. The first-order valence-corrected chi connectivity index (χ1v) is 6.09. The van der Waals surface area contributed by atoms with Gasteiger partial charge in [0.1, 0.15) is 5.75 Å². The number of hydrogen-bond donors (Lipinski definition) is 1. The predicted octanol–water partition coefficient (Wildman–Crippen LogP) is 3.15. The molecule has 2 rings (SSSR count). The van der Waals surface area contributed by atoms with E-state index in [2.05, 4.69) is 24.9 Å². The number of allylic oxidation sites excluding steroid dienone is 2. The van der Waals surface area contributed by atoms with E-state index in [0.717, 1.165) is 29.1 Å². The van der Waals surface area contributed by atoms with Crippen LogP contribution in [0.15, 0.2) is 42.6 Å². The van der Waals surface area contributed by atoms with Gasteiger partial charge in [0.15, 0.2) is 6.79 Å². The molecule has 0 aromatic heterocycles. The van der Waals surface area contributed by atoms with Crippen LogP contribution in [-0.4, -0.2) is 13.9 Å². The highest BCUT2D eigenvalue weighted by atomic mass is 16.7. The minimum Gasteiger partial charge on any atom is -0.468 e. The van der Waals surface area contributed by atoms with E-state index in [1.54, 1.807) is 7.11 Å². The average molecular weight is 245 g/mol. The van der Waals surface area contributed by atoms with Gasteiger partial charge in [0.25, 0.3) is 0 Å². The van der Waals surface area contributed by atoms with Crippen LogP contribution in [0.4, 0.5) is 0 Å². The molecule has 0 aliphatic carbocycles. The topological polar surface area (TPSA) is 30.5 Å². The van der Waals surface area contributed by atoms with Gasteiger partial charge in [0.2, 0.25) is 0 Å². The Bertz CT molecular complexity index is 448. The summed E-state index contributed by atoms with van der Waals surface area (Å²) in [5, 5.41) is 3.35.